The van der Waals surface area contributed by atoms with Crippen molar-refractivity contribution in [2.75, 3.05) is 25.1 Å². The van der Waals surface area contributed by atoms with Crippen LogP contribution in [-0.2, 0) is 29.7 Å². The molecule has 0 radical (unpaired) electrons. The normalized spacial score (nSPS) is 16.4. The van der Waals surface area contributed by atoms with Gasteiger partial charge in [0.05, 0.1) is 29.7 Å². The molecule has 3 heterocycles. The number of ketones is 1. The molecule has 272 valence electrons. The molecule has 2 amide bonds. The van der Waals surface area contributed by atoms with E-state index >= 15 is 4.39 Å². The Morgan fingerprint density at radius 2 is 1.70 bits per heavy atom. The summed E-state index contributed by atoms with van der Waals surface area (Å²) in [4.78, 5) is 51.0. The lowest BCUT2D eigenvalue weighted by Crippen LogP contribution is -2.46. The van der Waals surface area contributed by atoms with Crippen molar-refractivity contribution < 1.29 is 32.4 Å². The van der Waals surface area contributed by atoms with Crippen LogP contribution in [0.1, 0.15) is 37.0 Å². The third kappa shape index (κ3) is 6.84. The molecule has 11 nitrogen and oxygen atoms in total. The monoisotopic (exact) mass is 755 g/mol. The van der Waals surface area contributed by atoms with Gasteiger partial charge in [-0.25, -0.2) is 14.4 Å². The van der Waals surface area contributed by atoms with Gasteiger partial charge in [-0.3, -0.25) is 18.9 Å². The molecule has 0 saturated carbocycles. The third-order valence-electron chi connectivity index (χ3n) is 9.42. The summed E-state index contributed by atoms with van der Waals surface area (Å²) in [7, 11) is -3.92. The number of aryl methyl sites for hydroxylation is 1. The van der Waals surface area contributed by atoms with Gasteiger partial charge in [-0.15, -0.1) is 0 Å². The summed E-state index contributed by atoms with van der Waals surface area (Å²) in [5.41, 5.74) is 3.40. The van der Waals surface area contributed by atoms with E-state index in [2.05, 4.69) is 15.3 Å². The van der Waals surface area contributed by atoms with Crippen molar-refractivity contribution in [3.63, 3.8) is 0 Å². The minimum absolute atomic E-state index is 0.0354. The van der Waals surface area contributed by atoms with Crippen LogP contribution in [-0.4, -0.2) is 62.8 Å². The Morgan fingerprint density at radius 1 is 1.00 bits per heavy atom. The zero-order valence-corrected chi connectivity index (χ0v) is 31.1. The number of hydrogen-bond donors (Lipinski definition) is 1. The number of fused-ring (bicyclic) bond motifs is 2. The number of benzene rings is 3. The van der Waals surface area contributed by atoms with Gasteiger partial charge in [0.15, 0.2) is 11.6 Å². The number of amides is 2. The summed E-state index contributed by atoms with van der Waals surface area (Å²) >= 11 is 6.34. The summed E-state index contributed by atoms with van der Waals surface area (Å²) in [6.07, 6.45) is 6.70. The van der Waals surface area contributed by atoms with Gasteiger partial charge < -0.3 is 23.8 Å². The van der Waals surface area contributed by atoms with E-state index in [0.717, 1.165) is 5.57 Å². The molecule has 1 fully saturated rings. The maximum Gasteiger partial charge on any atom is 0.362 e. The largest absolute Gasteiger partial charge is 0.362 e. The number of aromatic nitrogens is 3. The highest BCUT2D eigenvalue weighted by Gasteiger charge is 2.50. The highest BCUT2D eigenvalue weighted by molar-refractivity contribution is 7.62. The van der Waals surface area contributed by atoms with Crippen LogP contribution in [0.15, 0.2) is 84.8 Å². The second-order valence-electron chi connectivity index (χ2n) is 12.8. The summed E-state index contributed by atoms with van der Waals surface area (Å²) in [5, 5.41) is 3.81. The van der Waals surface area contributed by atoms with Crippen LogP contribution in [0.5, 0.6) is 0 Å². The molecule has 1 aliphatic heterocycles. The molecule has 2 aromatic heterocycles. The predicted molar refractivity (Wildman–Crippen MR) is 201 cm³/mol. The summed E-state index contributed by atoms with van der Waals surface area (Å²) < 4.78 is 43.2. The molecule has 1 saturated heterocycles. The number of nitrogens with zero attached hydrogens (tertiary/aromatic N) is 4. The van der Waals surface area contributed by atoms with Crippen molar-refractivity contribution in [2.24, 2.45) is 5.92 Å². The van der Waals surface area contributed by atoms with E-state index in [4.69, 9.17) is 20.6 Å². The average molecular weight is 756 g/mol. The summed E-state index contributed by atoms with van der Waals surface area (Å²) in [5.74, 6) is -1.55. The van der Waals surface area contributed by atoms with E-state index in [1.165, 1.54) is 17.9 Å². The third-order valence-corrected chi connectivity index (χ3v) is 11.9. The lowest BCUT2D eigenvalue weighted by Gasteiger charge is -2.26. The Kier molecular flexibility index (Phi) is 9.90. The lowest BCUT2D eigenvalue weighted by atomic mass is 10.0. The first-order chi connectivity index (χ1) is 25.4. The molecule has 53 heavy (non-hydrogen) atoms. The van der Waals surface area contributed by atoms with E-state index in [-0.39, 0.29) is 54.6 Å². The standard InChI is InChI=1S/C39H36ClFN5O6P/c1-5-51-53(50,52-6-2)35-16-34-30(15-28(35)25-17-42-23(4)43-18-25)31(22(3)47)20-45(34)21-36(48)46-19-24-14-29(24)38(46)39(49)44-33-13-9-11-27(37(33)41)26-10-7-8-12-32(26)40/h7-18,20,29,38H,5-6,19,21H2,1-4H3,(H,44,49)/t29-,38-/m0/s1. The van der Waals surface area contributed by atoms with Gasteiger partial charge in [0, 0.05) is 69.3 Å². The van der Waals surface area contributed by atoms with Crippen molar-refractivity contribution in [1.29, 1.82) is 0 Å². The Labute approximate surface area is 310 Å². The number of anilines is 1. The van der Waals surface area contributed by atoms with Gasteiger partial charge in [0.1, 0.15) is 18.4 Å². The van der Waals surface area contributed by atoms with Crippen molar-refractivity contribution >= 4 is 58.7 Å². The molecule has 5 aromatic rings. The van der Waals surface area contributed by atoms with Crippen LogP contribution in [0.2, 0.25) is 5.02 Å². The highest BCUT2D eigenvalue weighted by atomic mass is 35.5. The molecule has 0 spiro atoms. The number of Topliss-reactive ketones (excluding diaryl/α,β-unsaturated/α-hetero) is 1. The molecular weight excluding hydrogens is 720 g/mol. The summed E-state index contributed by atoms with van der Waals surface area (Å²) in [6, 6.07) is 14.0. The van der Waals surface area contributed by atoms with Gasteiger partial charge in [0.25, 0.3) is 0 Å². The molecule has 0 bridgehead atoms. The molecule has 2 atom stereocenters. The van der Waals surface area contributed by atoms with E-state index in [0.29, 0.717) is 44.0 Å². The Morgan fingerprint density at radius 3 is 2.38 bits per heavy atom. The number of hydrogen-bond acceptors (Lipinski definition) is 8. The van der Waals surface area contributed by atoms with Gasteiger partial charge >= 0.3 is 7.60 Å². The van der Waals surface area contributed by atoms with Gasteiger partial charge in [-0.1, -0.05) is 48.0 Å². The Bertz CT molecular complexity index is 2370. The molecule has 2 aliphatic rings. The van der Waals surface area contributed by atoms with Crippen LogP contribution in [0, 0.1) is 18.7 Å². The first-order valence-corrected chi connectivity index (χ1v) is 19.1. The molecule has 0 unspecified atom stereocenters. The number of likely N-dealkylation sites (tertiary alicyclic amines) is 1. The smallest absolute Gasteiger partial charge is 0.337 e. The molecular formula is C39H36ClFN5O6P. The zero-order chi connectivity index (χ0) is 37.6. The first-order valence-electron chi connectivity index (χ1n) is 17.1. The number of carbonyl (C=O) groups excluding carboxylic acids is 3. The second kappa shape index (κ2) is 14.4. The SMILES string of the molecule is CCOP(=O)(OCC)c1cc2c(cc1-c1cnc(C)nc1)c(C(C)=O)cn2CC(=O)N1CC2=C[C@@H]2[C@H]1C(=O)Nc1cccc(-c2ccccc2Cl)c1F. The topological polar surface area (TPSA) is 133 Å². The van der Waals surface area contributed by atoms with Crippen LogP contribution in [0.3, 0.4) is 0 Å². The van der Waals surface area contributed by atoms with Gasteiger partial charge in [-0.05, 0) is 57.5 Å². The minimum Gasteiger partial charge on any atom is -0.337 e. The Hall–Kier alpha value is -5.00. The van der Waals surface area contributed by atoms with E-state index < -0.39 is 31.3 Å². The second-order valence-corrected chi connectivity index (χ2v) is 15.2. The molecule has 1 N–H and O–H groups in total. The van der Waals surface area contributed by atoms with Crippen LogP contribution >= 0.6 is 19.2 Å². The number of nitrogens with one attached hydrogen (secondary N) is 1. The van der Waals surface area contributed by atoms with Crippen molar-refractivity contribution in [2.45, 2.75) is 40.3 Å². The maximum absolute atomic E-state index is 15.8. The fourth-order valence-electron chi connectivity index (χ4n) is 6.87. The lowest BCUT2D eigenvalue weighted by molar-refractivity contribution is -0.137. The van der Waals surface area contributed by atoms with E-state index in [1.807, 2.05) is 6.08 Å². The van der Waals surface area contributed by atoms with Crippen molar-refractivity contribution in [3.8, 4) is 22.3 Å². The van der Waals surface area contributed by atoms with E-state index in [1.54, 1.807) is 92.5 Å². The molecule has 3 aromatic carbocycles. The predicted octanol–water partition coefficient (Wildman–Crippen LogP) is 7.37. The van der Waals surface area contributed by atoms with Crippen molar-refractivity contribution in [3.05, 3.63) is 107 Å². The number of halogens is 2. The quantitative estimate of drug-likeness (QED) is 0.0794. The molecule has 14 heteroatoms. The Balaban J connectivity index is 1.23. The fraction of sp³-hybridized carbons (Fsp3) is 0.256. The van der Waals surface area contributed by atoms with Crippen LogP contribution in [0.25, 0.3) is 33.2 Å². The molecule has 7 rings (SSSR count). The highest BCUT2D eigenvalue weighted by Crippen LogP contribution is 2.50. The minimum atomic E-state index is -3.92. The maximum atomic E-state index is 15.8. The van der Waals surface area contributed by atoms with Crippen LogP contribution in [0.4, 0.5) is 10.1 Å². The van der Waals surface area contributed by atoms with Gasteiger partial charge in [-0.2, -0.15) is 0 Å². The van der Waals surface area contributed by atoms with Crippen LogP contribution < -0.4 is 10.6 Å². The summed E-state index contributed by atoms with van der Waals surface area (Å²) in [6.45, 7) is 6.77. The van der Waals surface area contributed by atoms with E-state index in [9.17, 15) is 18.9 Å². The number of carbonyl (C=O) groups is 3. The average Bonchev–Trinajstić information content (AvgIpc) is 3.64. The molecule has 1 aliphatic carbocycles. The first kappa shape index (κ1) is 36.4. The van der Waals surface area contributed by atoms with Crippen molar-refractivity contribution in [1.82, 2.24) is 19.4 Å². The van der Waals surface area contributed by atoms with Gasteiger partial charge in [0.2, 0.25) is 11.8 Å². The zero-order valence-electron chi connectivity index (χ0n) is 29.4. The fourth-order valence-corrected chi connectivity index (χ4v) is 8.91. The number of rotatable bonds is 12.